The summed E-state index contributed by atoms with van der Waals surface area (Å²) in [4.78, 5) is 14.3. The Labute approximate surface area is 126 Å². The van der Waals surface area contributed by atoms with Gasteiger partial charge >= 0.3 is 0 Å². The Hall–Kier alpha value is -1.55. The number of hydrogen-bond acceptors (Lipinski definition) is 3. The van der Waals surface area contributed by atoms with Gasteiger partial charge in [0.2, 0.25) is 5.91 Å². The highest BCUT2D eigenvalue weighted by atomic mass is 16.5. The molecule has 1 amide bonds. The Morgan fingerprint density at radius 3 is 2.71 bits per heavy atom. The molecule has 2 unspecified atom stereocenters. The van der Waals surface area contributed by atoms with Crippen LogP contribution in [0.3, 0.4) is 0 Å². The largest absolute Gasteiger partial charge is 0.496 e. The zero-order valence-electron chi connectivity index (χ0n) is 13.1. The monoisotopic (exact) mass is 288 g/mol. The van der Waals surface area contributed by atoms with E-state index in [2.05, 4.69) is 24.4 Å². The summed E-state index contributed by atoms with van der Waals surface area (Å²) in [6.45, 7) is 4.67. The van der Waals surface area contributed by atoms with Gasteiger partial charge in [0.1, 0.15) is 11.9 Å². The zero-order chi connectivity index (χ0) is 15.0. The third-order valence-electron chi connectivity index (χ3n) is 5.02. The number of aryl methyl sites for hydroxylation is 1. The van der Waals surface area contributed by atoms with Crippen molar-refractivity contribution >= 4 is 5.91 Å². The first-order valence-electron chi connectivity index (χ1n) is 7.81. The predicted molar refractivity (Wildman–Crippen MR) is 82.1 cm³/mol. The van der Waals surface area contributed by atoms with E-state index in [0.29, 0.717) is 18.5 Å². The summed E-state index contributed by atoms with van der Waals surface area (Å²) >= 11 is 0. The molecule has 4 nitrogen and oxygen atoms in total. The van der Waals surface area contributed by atoms with E-state index in [1.165, 1.54) is 19.3 Å². The van der Waals surface area contributed by atoms with Gasteiger partial charge in [-0.3, -0.25) is 10.1 Å². The highest BCUT2D eigenvalue weighted by Gasteiger charge is 2.39. The van der Waals surface area contributed by atoms with E-state index in [-0.39, 0.29) is 12.1 Å². The molecule has 2 fully saturated rings. The number of methoxy groups -OCH3 is 1. The molecule has 1 aliphatic carbocycles. The molecule has 4 heteroatoms. The molecule has 0 bridgehead atoms. The number of amides is 1. The van der Waals surface area contributed by atoms with Crippen LogP contribution in [0, 0.1) is 12.8 Å². The van der Waals surface area contributed by atoms with Crippen LogP contribution in [0.4, 0.5) is 0 Å². The first kappa shape index (κ1) is 14.4. The summed E-state index contributed by atoms with van der Waals surface area (Å²) in [5.74, 6) is 1.77. The van der Waals surface area contributed by atoms with Crippen LogP contribution in [0.5, 0.6) is 5.75 Å². The van der Waals surface area contributed by atoms with Gasteiger partial charge in [-0.1, -0.05) is 12.5 Å². The van der Waals surface area contributed by atoms with Crippen molar-refractivity contribution < 1.29 is 9.53 Å². The zero-order valence-corrected chi connectivity index (χ0v) is 13.1. The van der Waals surface area contributed by atoms with Crippen molar-refractivity contribution in [2.24, 2.45) is 5.92 Å². The maximum atomic E-state index is 12.3. The molecule has 3 rings (SSSR count). The van der Waals surface area contributed by atoms with E-state index >= 15 is 0 Å². The van der Waals surface area contributed by atoms with E-state index in [9.17, 15) is 4.79 Å². The number of rotatable bonds is 4. The standard InChI is InChI=1S/C17H24N2O2/c1-11-9-14(7-8-15(11)21-3)17-18-10-16(20)19(17)12(2)13-5-4-6-13/h7-9,12-13,17-18H,4-6,10H2,1-3H3. The Balaban J connectivity index is 1.85. The van der Waals surface area contributed by atoms with Crippen molar-refractivity contribution in [2.75, 3.05) is 13.7 Å². The lowest BCUT2D eigenvalue weighted by molar-refractivity contribution is -0.131. The van der Waals surface area contributed by atoms with E-state index in [1.54, 1.807) is 7.11 Å². The second kappa shape index (κ2) is 5.68. The fraction of sp³-hybridized carbons (Fsp3) is 0.588. The number of benzene rings is 1. The molecule has 21 heavy (non-hydrogen) atoms. The molecule has 0 radical (unpaired) electrons. The molecular weight excluding hydrogens is 264 g/mol. The molecule has 1 aromatic carbocycles. The number of hydrogen-bond donors (Lipinski definition) is 1. The third-order valence-corrected chi connectivity index (χ3v) is 5.02. The molecule has 2 atom stereocenters. The summed E-state index contributed by atoms with van der Waals surface area (Å²) in [7, 11) is 1.68. The molecule has 1 saturated heterocycles. The van der Waals surface area contributed by atoms with E-state index < -0.39 is 0 Å². The van der Waals surface area contributed by atoms with Crippen molar-refractivity contribution in [1.82, 2.24) is 10.2 Å². The number of carbonyl (C=O) groups is 1. The Morgan fingerprint density at radius 2 is 2.14 bits per heavy atom. The van der Waals surface area contributed by atoms with Crippen molar-refractivity contribution in [3.8, 4) is 5.75 Å². The lowest BCUT2D eigenvalue weighted by Crippen LogP contribution is -2.44. The van der Waals surface area contributed by atoms with E-state index in [1.807, 2.05) is 17.9 Å². The van der Waals surface area contributed by atoms with E-state index in [4.69, 9.17) is 4.74 Å². The van der Waals surface area contributed by atoms with Gasteiger partial charge in [0.05, 0.1) is 13.7 Å². The van der Waals surface area contributed by atoms with Crippen LogP contribution in [-0.2, 0) is 4.79 Å². The molecular formula is C17H24N2O2. The van der Waals surface area contributed by atoms with Gasteiger partial charge < -0.3 is 9.64 Å². The van der Waals surface area contributed by atoms with Gasteiger partial charge in [-0.25, -0.2) is 0 Å². The van der Waals surface area contributed by atoms with Gasteiger partial charge in [0, 0.05) is 6.04 Å². The van der Waals surface area contributed by atoms with Gasteiger partial charge in [-0.2, -0.15) is 0 Å². The van der Waals surface area contributed by atoms with Crippen LogP contribution < -0.4 is 10.1 Å². The summed E-state index contributed by atoms with van der Waals surface area (Å²) in [5, 5.41) is 3.36. The maximum Gasteiger partial charge on any atom is 0.238 e. The summed E-state index contributed by atoms with van der Waals surface area (Å²) in [6.07, 6.45) is 3.80. The third kappa shape index (κ3) is 2.53. The first-order valence-corrected chi connectivity index (χ1v) is 7.81. The Kier molecular flexibility index (Phi) is 3.89. The van der Waals surface area contributed by atoms with Crippen LogP contribution in [-0.4, -0.2) is 30.5 Å². The molecule has 1 aliphatic heterocycles. The maximum absolute atomic E-state index is 12.3. The van der Waals surface area contributed by atoms with Gasteiger partial charge in [-0.05, 0) is 55.9 Å². The van der Waals surface area contributed by atoms with Crippen LogP contribution >= 0.6 is 0 Å². The smallest absolute Gasteiger partial charge is 0.238 e. The van der Waals surface area contributed by atoms with Gasteiger partial charge in [0.15, 0.2) is 0 Å². The van der Waals surface area contributed by atoms with Crippen molar-refractivity contribution in [3.63, 3.8) is 0 Å². The van der Waals surface area contributed by atoms with Crippen LogP contribution in [0.15, 0.2) is 18.2 Å². The highest BCUT2D eigenvalue weighted by Crippen LogP contribution is 2.37. The first-order chi connectivity index (χ1) is 10.1. The lowest BCUT2D eigenvalue weighted by Gasteiger charge is -2.40. The SMILES string of the molecule is COc1ccc(C2NCC(=O)N2C(C)C2CCC2)cc1C. The minimum atomic E-state index is -0.00212. The van der Waals surface area contributed by atoms with Gasteiger partial charge in [0.25, 0.3) is 0 Å². The molecule has 1 saturated carbocycles. The highest BCUT2D eigenvalue weighted by molar-refractivity contribution is 5.81. The fourth-order valence-corrected chi connectivity index (χ4v) is 3.48. The van der Waals surface area contributed by atoms with Crippen LogP contribution in [0.2, 0.25) is 0 Å². The second-order valence-corrected chi connectivity index (χ2v) is 6.25. The summed E-state index contributed by atoms with van der Waals surface area (Å²) in [6, 6.07) is 6.48. The molecule has 1 N–H and O–H groups in total. The average molecular weight is 288 g/mol. The number of ether oxygens (including phenoxy) is 1. The molecule has 114 valence electrons. The van der Waals surface area contributed by atoms with Crippen LogP contribution in [0.25, 0.3) is 0 Å². The summed E-state index contributed by atoms with van der Waals surface area (Å²) < 4.78 is 5.32. The Morgan fingerprint density at radius 1 is 1.38 bits per heavy atom. The molecule has 2 aliphatic rings. The topological polar surface area (TPSA) is 41.6 Å². The molecule has 0 spiro atoms. The average Bonchev–Trinajstić information content (AvgIpc) is 2.78. The van der Waals surface area contributed by atoms with Crippen molar-refractivity contribution in [3.05, 3.63) is 29.3 Å². The Bertz CT molecular complexity index is 540. The molecule has 1 aromatic rings. The quantitative estimate of drug-likeness (QED) is 0.926. The summed E-state index contributed by atoms with van der Waals surface area (Å²) in [5.41, 5.74) is 2.25. The van der Waals surface area contributed by atoms with Gasteiger partial charge in [-0.15, -0.1) is 0 Å². The fourth-order valence-electron chi connectivity index (χ4n) is 3.48. The lowest BCUT2D eigenvalue weighted by atomic mass is 9.79. The number of nitrogens with zero attached hydrogens (tertiary/aromatic N) is 1. The normalized spacial score (nSPS) is 24.0. The van der Waals surface area contributed by atoms with Crippen LogP contribution in [0.1, 0.15) is 43.5 Å². The van der Waals surface area contributed by atoms with Crippen molar-refractivity contribution in [1.29, 1.82) is 0 Å². The minimum Gasteiger partial charge on any atom is -0.496 e. The van der Waals surface area contributed by atoms with Crippen molar-refractivity contribution in [2.45, 2.75) is 45.3 Å². The number of nitrogens with one attached hydrogen (secondary N) is 1. The second-order valence-electron chi connectivity index (χ2n) is 6.25. The molecule has 0 aromatic heterocycles. The molecule has 1 heterocycles. The minimum absolute atomic E-state index is 0.00212. The number of carbonyl (C=O) groups excluding carboxylic acids is 1. The van der Waals surface area contributed by atoms with E-state index in [0.717, 1.165) is 16.9 Å². The predicted octanol–water partition coefficient (Wildman–Crippen LogP) is 2.62.